The first-order valence-corrected chi connectivity index (χ1v) is 11.0. The van der Waals surface area contributed by atoms with Crippen LogP contribution in [0.2, 0.25) is 0 Å². The van der Waals surface area contributed by atoms with E-state index in [9.17, 15) is 4.79 Å². The number of aryl methyl sites for hydroxylation is 2. The van der Waals surface area contributed by atoms with Crippen LogP contribution in [-0.4, -0.2) is 48.8 Å². The van der Waals surface area contributed by atoms with Crippen molar-refractivity contribution >= 4 is 5.91 Å². The fourth-order valence-corrected chi connectivity index (χ4v) is 6.25. The lowest BCUT2D eigenvalue weighted by molar-refractivity contribution is -0.119. The third-order valence-corrected chi connectivity index (χ3v) is 7.41. The van der Waals surface area contributed by atoms with Gasteiger partial charge in [0.05, 0.1) is 18.3 Å². The van der Waals surface area contributed by atoms with Gasteiger partial charge in [0.1, 0.15) is 5.75 Å². The van der Waals surface area contributed by atoms with Gasteiger partial charge in [0.15, 0.2) is 0 Å². The number of hydrogen-bond donors (Lipinski definition) is 1. The first-order chi connectivity index (χ1) is 13.6. The molecule has 2 bridgehead atoms. The van der Waals surface area contributed by atoms with Crippen LogP contribution in [0, 0.1) is 11.8 Å². The highest BCUT2D eigenvalue weighted by Gasteiger charge is 2.62. The van der Waals surface area contributed by atoms with E-state index in [0.29, 0.717) is 24.5 Å². The van der Waals surface area contributed by atoms with Crippen molar-refractivity contribution in [1.82, 2.24) is 10.2 Å². The van der Waals surface area contributed by atoms with E-state index in [0.717, 1.165) is 44.8 Å². The van der Waals surface area contributed by atoms with Crippen LogP contribution in [0.3, 0.4) is 0 Å². The van der Waals surface area contributed by atoms with Gasteiger partial charge in [-0.1, -0.05) is 6.07 Å². The zero-order valence-electron chi connectivity index (χ0n) is 17.1. The van der Waals surface area contributed by atoms with E-state index in [1.165, 1.54) is 36.0 Å². The number of carbonyl (C=O) groups excluding carboxylic acids is 1. The van der Waals surface area contributed by atoms with Crippen molar-refractivity contribution < 1.29 is 14.3 Å². The smallest absolute Gasteiger partial charge is 0.216 e. The molecule has 1 N–H and O–H groups in total. The highest BCUT2D eigenvalue weighted by atomic mass is 16.5. The molecule has 0 saturated carbocycles. The highest BCUT2D eigenvalue weighted by Crippen LogP contribution is 2.55. The number of likely N-dealkylation sites (tertiary alicyclic amines) is 1. The van der Waals surface area contributed by atoms with E-state index < -0.39 is 0 Å². The van der Waals surface area contributed by atoms with Crippen LogP contribution in [0.5, 0.6) is 5.75 Å². The van der Waals surface area contributed by atoms with Gasteiger partial charge < -0.3 is 14.8 Å². The van der Waals surface area contributed by atoms with Gasteiger partial charge in [0.25, 0.3) is 0 Å². The topological polar surface area (TPSA) is 50.8 Å². The summed E-state index contributed by atoms with van der Waals surface area (Å²) in [6.45, 7) is 8.13. The lowest BCUT2D eigenvalue weighted by Crippen LogP contribution is -2.41. The normalized spacial score (nSPS) is 33.1. The molecule has 0 unspecified atom stereocenters. The number of benzene rings is 1. The van der Waals surface area contributed by atoms with E-state index in [-0.39, 0.29) is 11.5 Å². The average Bonchev–Trinajstić information content (AvgIpc) is 3.40. The number of fused-ring (bicyclic) bond motifs is 2. The van der Waals surface area contributed by atoms with Crippen LogP contribution in [0.1, 0.15) is 49.8 Å². The molecule has 0 radical (unpaired) electrons. The third kappa shape index (κ3) is 3.03. The maximum Gasteiger partial charge on any atom is 0.216 e. The molecule has 3 heterocycles. The highest BCUT2D eigenvalue weighted by molar-refractivity contribution is 5.72. The maximum absolute atomic E-state index is 11.4. The number of carbonyl (C=O) groups is 1. The molecule has 1 amide bonds. The van der Waals surface area contributed by atoms with Crippen LogP contribution in [-0.2, 0) is 28.9 Å². The second-order valence-corrected chi connectivity index (χ2v) is 9.15. The van der Waals surface area contributed by atoms with Crippen molar-refractivity contribution in [2.24, 2.45) is 11.8 Å². The summed E-state index contributed by atoms with van der Waals surface area (Å²) in [4.78, 5) is 14.0. The summed E-state index contributed by atoms with van der Waals surface area (Å²) in [5.74, 6) is 2.11. The summed E-state index contributed by atoms with van der Waals surface area (Å²) in [7, 11) is 0. The second-order valence-electron chi connectivity index (χ2n) is 9.15. The predicted molar refractivity (Wildman–Crippen MR) is 107 cm³/mol. The molecule has 1 aromatic carbocycles. The first kappa shape index (κ1) is 18.4. The molecule has 0 aromatic heterocycles. The van der Waals surface area contributed by atoms with Crippen molar-refractivity contribution in [2.45, 2.75) is 64.2 Å². The average molecular weight is 385 g/mol. The fourth-order valence-electron chi connectivity index (χ4n) is 6.25. The van der Waals surface area contributed by atoms with Gasteiger partial charge in [-0.05, 0) is 56.2 Å². The van der Waals surface area contributed by atoms with Gasteiger partial charge >= 0.3 is 0 Å². The number of nitrogens with zero attached hydrogens (tertiary/aromatic N) is 1. The van der Waals surface area contributed by atoms with Gasteiger partial charge in [0, 0.05) is 50.5 Å². The molecule has 152 valence electrons. The number of rotatable bonds is 6. The molecule has 1 aliphatic carbocycles. The van der Waals surface area contributed by atoms with Crippen molar-refractivity contribution in [2.75, 3.05) is 26.2 Å². The quantitative estimate of drug-likeness (QED) is 0.819. The molecular weight excluding hydrogens is 352 g/mol. The molecule has 4 aliphatic rings. The molecule has 5 rings (SSSR count). The van der Waals surface area contributed by atoms with Gasteiger partial charge in [-0.25, -0.2) is 0 Å². The zero-order chi connectivity index (χ0) is 19.3. The predicted octanol–water partition coefficient (Wildman–Crippen LogP) is 2.69. The lowest BCUT2D eigenvalue weighted by Gasteiger charge is -2.29. The molecular formula is C23H32N2O3. The monoisotopic (exact) mass is 384 g/mol. The molecule has 1 aromatic rings. The van der Waals surface area contributed by atoms with Crippen LogP contribution < -0.4 is 10.1 Å². The van der Waals surface area contributed by atoms with Crippen molar-refractivity contribution in [1.29, 1.82) is 0 Å². The Balaban J connectivity index is 1.33. The first-order valence-electron chi connectivity index (χ1n) is 11.0. The molecule has 3 saturated heterocycles. The summed E-state index contributed by atoms with van der Waals surface area (Å²) in [6, 6.07) is 4.68. The van der Waals surface area contributed by atoms with Gasteiger partial charge in [-0.2, -0.15) is 0 Å². The maximum atomic E-state index is 11.4. The van der Waals surface area contributed by atoms with Crippen LogP contribution in [0.25, 0.3) is 0 Å². The fraction of sp³-hybridized carbons (Fsp3) is 0.696. The Morgan fingerprint density at radius 1 is 1.36 bits per heavy atom. The van der Waals surface area contributed by atoms with E-state index in [2.05, 4.69) is 29.3 Å². The molecule has 28 heavy (non-hydrogen) atoms. The van der Waals surface area contributed by atoms with Gasteiger partial charge in [0.2, 0.25) is 5.91 Å². The Morgan fingerprint density at radius 3 is 2.96 bits per heavy atom. The molecule has 5 heteroatoms. The number of ether oxygens (including phenoxy) is 2. The summed E-state index contributed by atoms with van der Waals surface area (Å²) in [5, 5.41) is 3.04. The Labute approximate surface area is 167 Å². The minimum absolute atomic E-state index is 0.0102. The van der Waals surface area contributed by atoms with Crippen molar-refractivity contribution in [3.05, 3.63) is 28.8 Å². The van der Waals surface area contributed by atoms with E-state index in [1.807, 2.05) is 0 Å². The van der Waals surface area contributed by atoms with Crippen LogP contribution in [0.15, 0.2) is 12.1 Å². The molecule has 4 atom stereocenters. The number of amides is 1. The summed E-state index contributed by atoms with van der Waals surface area (Å²) in [5.41, 5.74) is 4.32. The Bertz CT molecular complexity index is 779. The minimum atomic E-state index is 0.0102. The largest absolute Gasteiger partial charge is 0.494 e. The Hall–Kier alpha value is -1.59. The Kier molecular flexibility index (Phi) is 4.63. The van der Waals surface area contributed by atoms with Crippen molar-refractivity contribution in [3.8, 4) is 5.75 Å². The SMILES string of the molecule is CCOc1cc2c(cc1CN1C[C@@H]3[C@H](CNC(C)=O)[C@H]4CC[C@]3(C1)O4)CCC2. The number of nitrogens with one attached hydrogen (secondary N) is 1. The number of hydrogen-bond acceptors (Lipinski definition) is 4. The zero-order valence-corrected chi connectivity index (χ0v) is 17.1. The van der Waals surface area contributed by atoms with Crippen LogP contribution in [0.4, 0.5) is 0 Å². The molecule has 1 spiro atoms. The van der Waals surface area contributed by atoms with Gasteiger partial charge in [-0.15, -0.1) is 0 Å². The van der Waals surface area contributed by atoms with Gasteiger partial charge in [-0.3, -0.25) is 9.69 Å². The second kappa shape index (κ2) is 7.03. The summed E-state index contributed by atoms with van der Waals surface area (Å²) >= 11 is 0. The molecule has 3 fully saturated rings. The third-order valence-electron chi connectivity index (χ3n) is 7.41. The minimum Gasteiger partial charge on any atom is -0.494 e. The standard InChI is InChI=1S/C23H32N2O3/c1-3-27-22-10-17-6-4-5-16(17)9-18(22)12-25-13-20-19(11-24-15(2)26)21-7-8-23(20,14-25)28-21/h9-10,19-21H,3-8,11-14H2,1-2H3,(H,24,26)/t19-,20+,21+,23+/m0/s1. The summed E-state index contributed by atoms with van der Waals surface area (Å²) < 4.78 is 12.5. The Morgan fingerprint density at radius 2 is 2.18 bits per heavy atom. The lowest BCUT2D eigenvalue weighted by atomic mass is 9.73. The van der Waals surface area contributed by atoms with E-state index in [1.54, 1.807) is 6.92 Å². The van der Waals surface area contributed by atoms with E-state index >= 15 is 0 Å². The summed E-state index contributed by atoms with van der Waals surface area (Å²) in [6.07, 6.45) is 6.28. The molecule has 3 aliphatic heterocycles. The van der Waals surface area contributed by atoms with Crippen LogP contribution >= 0.6 is 0 Å². The van der Waals surface area contributed by atoms with E-state index in [4.69, 9.17) is 9.47 Å². The molecule has 5 nitrogen and oxygen atoms in total. The van der Waals surface area contributed by atoms with Crippen molar-refractivity contribution in [3.63, 3.8) is 0 Å².